The molecular formula is C13H15ClN2O2. The normalized spacial score (nSPS) is 14.2. The summed E-state index contributed by atoms with van der Waals surface area (Å²) in [6, 6.07) is 1.74. The van der Waals surface area contributed by atoms with Crippen molar-refractivity contribution in [1.29, 1.82) is 0 Å². The summed E-state index contributed by atoms with van der Waals surface area (Å²) in [5, 5.41) is 13.8. The second-order valence-electron chi connectivity index (χ2n) is 4.01. The minimum atomic E-state index is -0.936. The minimum absolute atomic E-state index is 0.274. The molecule has 1 fully saturated rings. The van der Waals surface area contributed by atoms with E-state index >= 15 is 0 Å². The van der Waals surface area contributed by atoms with E-state index in [4.69, 9.17) is 16.7 Å². The van der Waals surface area contributed by atoms with E-state index in [1.165, 1.54) is 6.20 Å². The number of aromatic carboxylic acids is 1. The van der Waals surface area contributed by atoms with Crippen LogP contribution in [0.25, 0.3) is 5.52 Å². The van der Waals surface area contributed by atoms with Crippen LogP contribution in [-0.2, 0) is 0 Å². The third-order valence-corrected chi connectivity index (χ3v) is 3.19. The smallest absolute Gasteiger partial charge is 0.337 e. The van der Waals surface area contributed by atoms with Gasteiger partial charge < -0.3 is 5.11 Å². The molecule has 2 aromatic heterocycles. The van der Waals surface area contributed by atoms with Crippen molar-refractivity contribution in [3.63, 3.8) is 0 Å². The number of fused-ring (bicyclic) bond motifs is 1. The maximum Gasteiger partial charge on any atom is 0.337 e. The van der Waals surface area contributed by atoms with E-state index in [1.54, 1.807) is 16.8 Å². The van der Waals surface area contributed by atoms with E-state index < -0.39 is 5.97 Å². The van der Waals surface area contributed by atoms with E-state index in [1.807, 2.05) is 13.8 Å². The highest BCUT2D eigenvalue weighted by Crippen LogP contribution is 2.44. The highest BCUT2D eigenvalue weighted by molar-refractivity contribution is 6.34. The van der Waals surface area contributed by atoms with Crippen LogP contribution in [-0.4, -0.2) is 20.7 Å². The molecule has 1 saturated carbocycles. The van der Waals surface area contributed by atoms with Gasteiger partial charge in [-0.05, 0) is 30.4 Å². The van der Waals surface area contributed by atoms with Crippen LogP contribution in [0.5, 0.6) is 0 Å². The first-order valence-corrected chi connectivity index (χ1v) is 6.45. The standard InChI is InChI=1S/C11H9ClN2O2.C2H6/c12-8-3-4-14-10(8)9(6-1-2-6)7(5-13-14)11(15)16;1-2/h3-6H,1-2H2,(H,15,16);1-2H3. The van der Waals surface area contributed by atoms with Gasteiger partial charge in [0.25, 0.3) is 0 Å². The number of aromatic nitrogens is 2. The third kappa shape index (κ3) is 2.08. The molecule has 0 radical (unpaired) electrons. The fourth-order valence-corrected chi connectivity index (χ4v) is 2.26. The van der Waals surface area contributed by atoms with Crippen LogP contribution in [0.2, 0.25) is 5.02 Å². The topological polar surface area (TPSA) is 54.6 Å². The molecular weight excluding hydrogens is 252 g/mol. The summed E-state index contributed by atoms with van der Waals surface area (Å²) in [5.74, 6) is -0.613. The number of nitrogens with zero attached hydrogens (tertiary/aromatic N) is 2. The number of carbonyl (C=O) groups is 1. The van der Waals surface area contributed by atoms with Gasteiger partial charge in [-0.25, -0.2) is 9.31 Å². The quantitative estimate of drug-likeness (QED) is 0.904. The third-order valence-electron chi connectivity index (χ3n) is 2.89. The van der Waals surface area contributed by atoms with Gasteiger partial charge in [-0.15, -0.1) is 0 Å². The fourth-order valence-electron chi connectivity index (χ4n) is 2.02. The molecule has 4 nitrogen and oxygen atoms in total. The van der Waals surface area contributed by atoms with Gasteiger partial charge in [-0.1, -0.05) is 25.4 Å². The zero-order chi connectivity index (χ0) is 13.3. The van der Waals surface area contributed by atoms with Gasteiger partial charge in [0.15, 0.2) is 0 Å². The van der Waals surface area contributed by atoms with Crippen LogP contribution in [0, 0.1) is 0 Å². The SMILES string of the molecule is CC.O=C(O)c1cnn2ccc(Cl)c2c1C1CC1. The molecule has 0 saturated heterocycles. The van der Waals surface area contributed by atoms with Crippen molar-refractivity contribution in [3.05, 3.63) is 34.6 Å². The van der Waals surface area contributed by atoms with Crippen molar-refractivity contribution < 1.29 is 9.90 Å². The van der Waals surface area contributed by atoms with Crippen LogP contribution < -0.4 is 0 Å². The van der Waals surface area contributed by atoms with Crippen LogP contribution in [0.3, 0.4) is 0 Å². The lowest BCUT2D eigenvalue weighted by atomic mass is 10.1. The van der Waals surface area contributed by atoms with Gasteiger partial charge in [0, 0.05) is 6.20 Å². The zero-order valence-corrected chi connectivity index (χ0v) is 11.1. The van der Waals surface area contributed by atoms with Crippen LogP contribution >= 0.6 is 11.6 Å². The van der Waals surface area contributed by atoms with Crippen molar-refractivity contribution in [2.75, 3.05) is 0 Å². The Morgan fingerprint density at radius 3 is 2.72 bits per heavy atom. The Hall–Kier alpha value is -1.55. The lowest BCUT2D eigenvalue weighted by Gasteiger charge is -2.07. The minimum Gasteiger partial charge on any atom is -0.478 e. The molecule has 96 valence electrons. The fraction of sp³-hybridized carbons (Fsp3) is 0.385. The van der Waals surface area contributed by atoms with Crippen LogP contribution in [0.15, 0.2) is 18.5 Å². The Bertz CT molecular complexity index is 588. The molecule has 3 rings (SSSR count). The Labute approximate surface area is 110 Å². The molecule has 0 unspecified atom stereocenters. The van der Waals surface area contributed by atoms with Gasteiger partial charge in [0.05, 0.1) is 22.3 Å². The Balaban J connectivity index is 0.000000574. The molecule has 1 N–H and O–H groups in total. The van der Waals surface area contributed by atoms with Crippen molar-refractivity contribution >= 4 is 23.1 Å². The predicted molar refractivity (Wildman–Crippen MR) is 70.5 cm³/mol. The predicted octanol–water partition coefficient (Wildman–Crippen LogP) is 3.59. The number of halogens is 1. The van der Waals surface area contributed by atoms with Gasteiger partial charge in [0.2, 0.25) is 0 Å². The molecule has 1 aliphatic rings. The van der Waals surface area contributed by atoms with Gasteiger partial charge in [-0.2, -0.15) is 5.10 Å². The number of rotatable bonds is 2. The first kappa shape index (κ1) is 12.9. The average Bonchev–Trinajstić information content (AvgIpc) is 3.15. The zero-order valence-electron chi connectivity index (χ0n) is 10.4. The Morgan fingerprint density at radius 1 is 1.50 bits per heavy atom. The first-order valence-electron chi connectivity index (χ1n) is 6.07. The number of carboxylic acids is 1. The average molecular weight is 267 g/mol. The number of carboxylic acid groups (broad SMARTS) is 1. The maximum absolute atomic E-state index is 11.1. The van der Waals surface area contributed by atoms with E-state index in [0.29, 0.717) is 10.9 Å². The lowest BCUT2D eigenvalue weighted by molar-refractivity contribution is 0.0695. The Kier molecular flexibility index (Phi) is 3.57. The van der Waals surface area contributed by atoms with Crippen LogP contribution in [0.1, 0.15) is 48.5 Å². The van der Waals surface area contributed by atoms with Crippen molar-refractivity contribution in [2.24, 2.45) is 0 Å². The van der Waals surface area contributed by atoms with Gasteiger partial charge >= 0.3 is 5.97 Å². The highest BCUT2D eigenvalue weighted by Gasteiger charge is 2.31. The van der Waals surface area contributed by atoms with Gasteiger partial charge in [-0.3, -0.25) is 0 Å². The monoisotopic (exact) mass is 266 g/mol. The van der Waals surface area contributed by atoms with E-state index in [0.717, 1.165) is 23.9 Å². The first-order chi connectivity index (χ1) is 8.68. The molecule has 0 aromatic carbocycles. The van der Waals surface area contributed by atoms with E-state index in [9.17, 15) is 4.79 Å². The molecule has 18 heavy (non-hydrogen) atoms. The number of hydrogen-bond acceptors (Lipinski definition) is 2. The highest BCUT2D eigenvalue weighted by atomic mass is 35.5. The summed E-state index contributed by atoms with van der Waals surface area (Å²) in [4.78, 5) is 11.1. The number of hydrogen-bond donors (Lipinski definition) is 1. The lowest BCUT2D eigenvalue weighted by Crippen LogP contribution is -2.06. The molecule has 0 amide bonds. The Morgan fingerprint density at radius 2 is 2.17 bits per heavy atom. The summed E-state index contributed by atoms with van der Waals surface area (Å²) < 4.78 is 1.64. The molecule has 2 heterocycles. The van der Waals surface area contributed by atoms with Crippen molar-refractivity contribution in [2.45, 2.75) is 32.6 Å². The summed E-state index contributed by atoms with van der Waals surface area (Å²) in [5.41, 5.74) is 1.84. The largest absolute Gasteiger partial charge is 0.478 e. The molecule has 0 bridgehead atoms. The summed E-state index contributed by atoms with van der Waals surface area (Å²) in [6.45, 7) is 4.00. The summed E-state index contributed by atoms with van der Waals surface area (Å²) >= 11 is 6.07. The maximum atomic E-state index is 11.1. The summed E-state index contributed by atoms with van der Waals surface area (Å²) in [7, 11) is 0. The summed E-state index contributed by atoms with van der Waals surface area (Å²) in [6.07, 6.45) is 5.21. The molecule has 0 aliphatic heterocycles. The van der Waals surface area contributed by atoms with Crippen molar-refractivity contribution in [3.8, 4) is 0 Å². The molecule has 5 heteroatoms. The molecule has 0 atom stereocenters. The molecule has 1 aliphatic carbocycles. The second-order valence-corrected chi connectivity index (χ2v) is 4.42. The molecule has 0 spiro atoms. The van der Waals surface area contributed by atoms with Crippen LogP contribution in [0.4, 0.5) is 0 Å². The van der Waals surface area contributed by atoms with Gasteiger partial charge in [0.1, 0.15) is 0 Å². The van der Waals surface area contributed by atoms with E-state index in [-0.39, 0.29) is 5.56 Å². The van der Waals surface area contributed by atoms with Crippen molar-refractivity contribution in [1.82, 2.24) is 9.61 Å². The van der Waals surface area contributed by atoms with E-state index in [2.05, 4.69) is 5.10 Å². The second kappa shape index (κ2) is 4.98. The molecule has 2 aromatic rings.